The van der Waals surface area contributed by atoms with Crippen molar-refractivity contribution >= 4 is 12.4 Å². The molecule has 0 amide bonds. The second-order valence-electron chi connectivity index (χ2n) is 6.83. The fourth-order valence-electron chi connectivity index (χ4n) is 3.73. The molecule has 1 aliphatic heterocycles. The average molecular weight is 329 g/mol. The van der Waals surface area contributed by atoms with Crippen LogP contribution >= 0.6 is 12.4 Å². The number of rotatable bonds is 4. The predicted octanol–water partition coefficient (Wildman–Crippen LogP) is 2.83. The van der Waals surface area contributed by atoms with Crippen LogP contribution in [-0.2, 0) is 6.42 Å². The van der Waals surface area contributed by atoms with Crippen molar-refractivity contribution in [2.75, 3.05) is 26.7 Å². The summed E-state index contributed by atoms with van der Waals surface area (Å²) >= 11 is 0. The van der Waals surface area contributed by atoms with Crippen molar-refractivity contribution in [1.82, 2.24) is 20.4 Å². The lowest BCUT2D eigenvalue weighted by Crippen LogP contribution is -2.44. The molecule has 0 spiro atoms. The Morgan fingerprint density at radius 3 is 2.82 bits per heavy atom. The molecule has 22 heavy (non-hydrogen) atoms. The van der Waals surface area contributed by atoms with E-state index in [0.717, 1.165) is 43.7 Å². The third kappa shape index (κ3) is 4.21. The molecule has 0 aromatic carbocycles. The Balaban J connectivity index is 0.00000176. The molecular formula is C16H29ClN4O. The Labute approximate surface area is 139 Å². The summed E-state index contributed by atoms with van der Waals surface area (Å²) in [4.78, 5) is 6.96. The molecule has 1 aromatic heterocycles. The number of hydrogen-bond acceptors (Lipinski definition) is 5. The minimum Gasteiger partial charge on any atom is -0.339 e. The molecule has 126 valence electrons. The number of likely N-dealkylation sites (N-methyl/N-ethyl adjacent to an activating group) is 1. The van der Waals surface area contributed by atoms with Gasteiger partial charge in [0.05, 0.1) is 6.04 Å². The fraction of sp³-hybridized carbons (Fsp3) is 0.875. The molecule has 1 N–H and O–H groups in total. The fourth-order valence-corrected chi connectivity index (χ4v) is 3.73. The molecule has 2 heterocycles. The molecule has 1 aliphatic carbocycles. The van der Waals surface area contributed by atoms with Crippen LogP contribution in [0.3, 0.4) is 0 Å². The van der Waals surface area contributed by atoms with Gasteiger partial charge in [-0.2, -0.15) is 4.98 Å². The van der Waals surface area contributed by atoms with Crippen molar-refractivity contribution in [3.05, 3.63) is 11.7 Å². The first-order valence-corrected chi connectivity index (χ1v) is 8.47. The highest BCUT2D eigenvalue weighted by Crippen LogP contribution is 2.31. The van der Waals surface area contributed by atoms with Crippen molar-refractivity contribution in [3.8, 4) is 0 Å². The quantitative estimate of drug-likeness (QED) is 0.921. The largest absolute Gasteiger partial charge is 0.339 e. The second-order valence-corrected chi connectivity index (χ2v) is 6.83. The number of halogens is 1. The van der Waals surface area contributed by atoms with E-state index in [4.69, 9.17) is 4.52 Å². The summed E-state index contributed by atoms with van der Waals surface area (Å²) in [5.41, 5.74) is 0. The van der Waals surface area contributed by atoms with E-state index in [1.165, 1.54) is 32.1 Å². The van der Waals surface area contributed by atoms with Gasteiger partial charge < -0.3 is 9.84 Å². The molecule has 1 saturated heterocycles. The van der Waals surface area contributed by atoms with Crippen LogP contribution in [0.1, 0.15) is 56.8 Å². The average Bonchev–Trinajstić information content (AvgIpc) is 2.97. The van der Waals surface area contributed by atoms with Crippen LogP contribution in [-0.4, -0.2) is 41.7 Å². The van der Waals surface area contributed by atoms with Gasteiger partial charge in [-0.1, -0.05) is 44.2 Å². The van der Waals surface area contributed by atoms with Gasteiger partial charge in [-0.05, 0) is 18.9 Å². The molecule has 2 fully saturated rings. The minimum absolute atomic E-state index is 0. The first-order valence-electron chi connectivity index (χ1n) is 8.47. The van der Waals surface area contributed by atoms with E-state index in [2.05, 4.69) is 34.3 Å². The maximum atomic E-state index is 5.51. The summed E-state index contributed by atoms with van der Waals surface area (Å²) in [6, 6.07) is 0.251. The Morgan fingerprint density at radius 1 is 1.32 bits per heavy atom. The van der Waals surface area contributed by atoms with Gasteiger partial charge in [0, 0.05) is 26.1 Å². The van der Waals surface area contributed by atoms with Crippen LogP contribution in [0.5, 0.6) is 0 Å². The van der Waals surface area contributed by atoms with Gasteiger partial charge in [0.25, 0.3) is 0 Å². The molecule has 5 nitrogen and oxygen atoms in total. The van der Waals surface area contributed by atoms with Crippen molar-refractivity contribution in [3.63, 3.8) is 0 Å². The number of piperazine rings is 1. The normalized spacial score (nSPS) is 25.6. The second kappa shape index (κ2) is 8.27. The Kier molecular flexibility index (Phi) is 6.66. The molecule has 2 aliphatic rings. The van der Waals surface area contributed by atoms with E-state index >= 15 is 0 Å². The SMILES string of the molecule is CC(Cc1nc(C2CNCCN2C)no1)C1CCCCC1.Cl. The van der Waals surface area contributed by atoms with Gasteiger partial charge in [0.15, 0.2) is 5.82 Å². The lowest BCUT2D eigenvalue weighted by Gasteiger charge is -2.30. The zero-order valence-electron chi connectivity index (χ0n) is 13.8. The first kappa shape index (κ1) is 17.7. The van der Waals surface area contributed by atoms with Crippen molar-refractivity contribution in [1.29, 1.82) is 0 Å². The summed E-state index contributed by atoms with van der Waals surface area (Å²) in [5, 5.41) is 7.62. The van der Waals surface area contributed by atoms with Crippen LogP contribution in [0.2, 0.25) is 0 Å². The third-order valence-corrected chi connectivity index (χ3v) is 5.24. The predicted molar refractivity (Wildman–Crippen MR) is 89.2 cm³/mol. The van der Waals surface area contributed by atoms with E-state index in [0.29, 0.717) is 5.92 Å². The standard InChI is InChI=1S/C16H28N4O.ClH/c1-12(13-6-4-3-5-7-13)10-15-18-16(19-21-15)14-11-17-8-9-20(14)2;/h12-14,17H,3-11H2,1-2H3;1H. The Hall–Kier alpha value is -0.650. The molecule has 1 saturated carbocycles. The van der Waals surface area contributed by atoms with Crippen molar-refractivity contribution in [2.24, 2.45) is 11.8 Å². The lowest BCUT2D eigenvalue weighted by atomic mass is 9.79. The Morgan fingerprint density at radius 2 is 2.09 bits per heavy atom. The zero-order valence-corrected chi connectivity index (χ0v) is 14.6. The summed E-state index contributed by atoms with van der Waals surface area (Å²) in [5.74, 6) is 3.16. The van der Waals surface area contributed by atoms with E-state index < -0.39 is 0 Å². The van der Waals surface area contributed by atoms with Crippen LogP contribution in [0, 0.1) is 11.8 Å². The molecule has 6 heteroatoms. The monoisotopic (exact) mass is 328 g/mol. The van der Waals surface area contributed by atoms with Gasteiger partial charge in [-0.25, -0.2) is 0 Å². The molecule has 3 rings (SSSR count). The number of nitrogens with one attached hydrogen (secondary N) is 1. The highest BCUT2D eigenvalue weighted by molar-refractivity contribution is 5.85. The summed E-state index contributed by atoms with van der Waals surface area (Å²) in [6.45, 7) is 5.32. The highest BCUT2D eigenvalue weighted by Gasteiger charge is 2.27. The summed E-state index contributed by atoms with van der Waals surface area (Å²) in [6.07, 6.45) is 7.87. The molecule has 2 unspecified atom stereocenters. The highest BCUT2D eigenvalue weighted by atomic mass is 35.5. The maximum absolute atomic E-state index is 5.51. The van der Waals surface area contributed by atoms with Gasteiger partial charge in [-0.3, -0.25) is 4.90 Å². The van der Waals surface area contributed by atoms with Gasteiger partial charge in [0.2, 0.25) is 5.89 Å². The van der Waals surface area contributed by atoms with E-state index in [9.17, 15) is 0 Å². The van der Waals surface area contributed by atoms with Crippen LogP contribution in [0.4, 0.5) is 0 Å². The van der Waals surface area contributed by atoms with Gasteiger partial charge >= 0.3 is 0 Å². The van der Waals surface area contributed by atoms with Gasteiger partial charge in [0.1, 0.15) is 0 Å². The topological polar surface area (TPSA) is 54.2 Å². The zero-order chi connectivity index (χ0) is 14.7. The van der Waals surface area contributed by atoms with Crippen molar-refractivity contribution < 1.29 is 4.52 Å². The lowest BCUT2D eigenvalue weighted by molar-refractivity contribution is 0.190. The van der Waals surface area contributed by atoms with Gasteiger partial charge in [-0.15, -0.1) is 12.4 Å². The smallest absolute Gasteiger partial charge is 0.226 e. The van der Waals surface area contributed by atoms with Crippen molar-refractivity contribution in [2.45, 2.75) is 51.5 Å². The van der Waals surface area contributed by atoms with E-state index in [-0.39, 0.29) is 18.4 Å². The minimum atomic E-state index is 0. The van der Waals surface area contributed by atoms with Crippen LogP contribution in [0.25, 0.3) is 0 Å². The van der Waals surface area contributed by atoms with Crippen LogP contribution < -0.4 is 5.32 Å². The molecule has 0 bridgehead atoms. The number of hydrogen-bond donors (Lipinski definition) is 1. The molecular weight excluding hydrogens is 300 g/mol. The Bertz CT molecular complexity index is 447. The maximum Gasteiger partial charge on any atom is 0.226 e. The number of aromatic nitrogens is 2. The van der Waals surface area contributed by atoms with Crippen LogP contribution in [0.15, 0.2) is 4.52 Å². The van der Waals surface area contributed by atoms with E-state index in [1.807, 2.05) is 0 Å². The first-order chi connectivity index (χ1) is 10.2. The molecule has 1 aromatic rings. The summed E-state index contributed by atoms with van der Waals surface area (Å²) < 4.78 is 5.51. The third-order valence-electron chi connectivity index (χ3n) is 5.24. The molecule has 2 atom stereocenters. The summed E-state index contributed by atoms with van der Waals surface area (Å²) in [7, 11) is 2.13. The number of nitrogens with zero attached hydrogens (tertiary/aromatic N) is 3. The van der Waals surface area contributed by atoms with E-state index in [1.54, 1.807) is 0 Å². The molecule has 0 radical (unpaired) electrons.